The first kappa shape index (κ1) is 9.16. The maximum absolute atomic E-state index is 4.17. The van der Waals surface area contributed by atoms with Crippen molar-refractivity contribution in [1.29, 1.82) is 0 Å². The van der Waals surface area contributed by atoms with Crippen LogP contribution >= 0.6 is 11.8 Å². The molecule has 78 valence electrons. The van der Waals surface area contributed by atoms with Crippen LogP contribution in [0.4, 0.5) is 0 Å². The van der Waals surface area contributed by atoms with Gasteiger partial charge in [-0.25, -0.2) is 9.97 Å². The van der Waals surface area contributed by atoms with Crippen molar-refractivity contribution in [2.24, 2.45) is 0 Å². The van der Waals surface area contributed by atoms with Gasteiger partial charge in [-0.3, -0.25) is 4.98 Å². The van der Waals surface area contributed by atoms with Gasteiger partial charge in [0.25, 0.3) is 0 Å². The van der Waals surface area contributed by atoms with Crippen molar-refractivity contribution in [3.8, 4) is 0 Å². The fourth-order valence-electron chi connectivity index (χ4n) is 1.24. The Kier molecular flexibility index (Phi) is 2.18. The van der Waals surface area contributed by atoms with Gasteiger partial charge in [0, 0.05) is 12.4 Å². The van der Waals surface area contributed by atoms with E-state index < -0.39 is 0 Å². The first-order valence-corrected chi connectivity index (χ1v) is 5.21. The molecule has 3 aromatic rings. The van der Waals surface area contributed by atoms with E-state index in [1.54, 1.807) is 12.4 Å². The number of pyridine rings is 1. The Labute approximate surface area is 93.7 Å². The molecule has 0 amide bonds. The first-order valence-electron chi connectivity index (χ1n) is 4.39. The maximum atomic E-state index is 4.17. The fraction of sp³-hybridized carbons (Fsp3) is 0. The minimum atomic E-state index is 0.517. The van der Waals surface area contributed by atoms with Crippen LogP contribution in [-0.4, -0.2) is 35.6 Å². The monoisotopic (exact) mass is 231 g/mol. The molecule has 0 aliphatic rings. The third-order valence-corrected chi connectivity index (χ3v) is 2.79. The fourth-order valence-corrected chi connectivity index (χ4v) is 1.95. The summed E-state index contributed by atoms with van der Waals surface area (Å²) in [5.74, 6) is 0. The van der Waals surface area contributed by atoms with E-state index >= 15 is 0 Å². The van der Waals surface area contributed by atoms with E-state index in [-0.39, 0.29) is 0 Å². The Morgan fingerprint density at radius 2 is 2.25 bits per heavy atom. The number of nitrogens with one attached hydrogen (secondary N) is 1. The Morgan fingerprint density at radius 1 is 1.25 bits per heavy atom. The molecule has 0 aliphatic carbocycles. The highest BCUT2D eigenvalue weighted by Gasteiger charge is 2.08. The van der Waals surface area contributed by atoms with E-state index in [4.69, 9.17) is 0 Å². The first-order chi connectivity index (χ1) is 7.93. The lowest BCUT2D eigenvalue weighted by molar-refractivity contribution is 0.881. The van der Waals surface area contributed by atoms with Gasteiger partial charge in [0.05, 0.1) is 10.9 Å². The number of hydrogen-bond acceptors (Lipinski definition) is 7. The average Bonchev–Trinajstić information content (AvgIpc) is 2.82. The predicted octanol–water partition coefficient (Wildman–Crippen LogP) is 0.689. The number of fused-ring (bicyclic) bond motifs is 1. The third kappa shape index (κ3) is 1.58. The largest absolute Gasteiger partial charge is 0.264 e. The number of nitrogens with zero attached hydrogens (tertiary/aromatic N) is 6. The van der Waals surface area contributed by atoms with E-state index in [2.05, 4.69) is 35.6 Å². The Balaban J connectivity index is 2.10. The molecule has 0 saturated heterocycles. The lowest BCUT2D eigenvalue weighted by Gasteiger charge is -2.00. The van der Waals surface area contributed by atoms with E-state index in [1.165, 1.54) is 18.1 Å². The van der Waals surface area contributed by atoms with Crippen LogP contribution in [0.5, 0.6) is 0 Å². The topological polar surface area (TPSA) is 93.1 Å². The average molecular weight is 231 g/mol. The summed E-state index contributed by atoms with van der Waals surface area (Å²) in [6.45, 7) is 0. The van der Waals surface area contributed by atoms with E-state index in [0.717, 1.165) is 15.9 Å². The summed E-state index contributed by atoms with van der Waals surface area (Å²) in [7, 11) is 0. The van der Waals surface area contributed by atoms with Crippen LogP contribution in [0.3, 0.4) is 0 Å². The minimum absolute atomic E-state index is 0.517. The molecule has 0 aromatic carbocycles. The van der Waals surface area contributed by atoms with Crippen LogP contribution in [0.15, 0.2) is 35.0 Å². The van der Waals surface area contributed by atoms with Gasteiger partial charge in [-0.1, -0.05) is 0 Å². The number of H-pyrrole nitrogens is 1. The quantitative estimate of drug-likeness (QED) is 0.648. The van der Waals surface area contributed by atoms with Crippen molar-refractivity contribution in [3.63, 3.8) is 0 Å². The van der Waals surface area contributed by atoms with Crippen molar-refractivity contribution in [3.05, 3.63) is 24.8 Å². The molecular formula is C8H5N7S. The molecule has 0 aliphatic heterocycles. The Bertz CT molecular complexity index is 603. The summed E-state index contributed by atoms with van der Waals surface area (Å²) < 4.78 is 0. The van der Waals surface area contributed by atoms with Gasteiger partial charge in [0.2, 0.25) is 5.16 Å². The van der Waals surface area contributed by atoms with Gasteiger partial charge in [-0.2, -0.15) is 5.21 Å². The number of rotatable bonds is 2. The summed E-state index contributed by atoms with van der Waals surface area (Å²) in [6.07, 6.45) is 4.92. The van der Waals surface area contributed by atoms with Crippen molar-refractivity contribution < 1.29 is 0 Å². The summed E-state index contributed by atoms with van der Waals surface area (Å²) >= 11 is 1.32. The SMILES string of the molecule is c1cc2ncnc(Sc3nn[nH]n3)c2cn1. The molecule has 0 unspecified atom stereocenters. The summed E-state index contributed by atoms with van der Waals surface area (Å²) in [4.78, 5) is 12.4. The highest BCUT2D eigenvalue weighted by Crippen LogP contribution is 2.27. The molecule has 0 saturated carbocycles. The lowest BCUT2D eigenvalue weighted by Crippen LogP contribution is -1.88. The molecule has 0 spiro atoms. The smallest absolute Gasteiger partial charge is 0.237 e. The van der Waals surface area contributed by atoms with Crippen LogP contribution in [0.1, 0.15) is 0 Å². The molecule has 0 atom stereocenters. The van der Waals surface area contributed by atoms with Crippen LogP contribution in [0.2, 0.25) is 0 Å². The number of hydrogen-bond donors (Lipinski definition) is 1. The summed E-state index contributed by atoms with van der Waals surface area (Å²) in [6, 6.07) is 1.83. The molecule has 7 nitrogen and oxygen atoms in total. The highest BCUT2D eigenvalue weighted by atomic mass is 32.2. The van der Waals surface area contributed by atoms with Crippen LogP contribution in [0.25, 0.3) is 10.9 Å². The zero-order chi connectivity index (χ0) is 10.8. The Hall–Kier alpha value is -2.09. The van der Waals surface area contributed by atoms with Gasteiger partial charge < -0.3 is 0 Å². The second-order valence-corrected chi connectivity index (χ2v) is 3.82. The second-order valence-electron chi connectivity index (χ2n) is 2.87. The molecule has 16 heavy (non-hydrogen) atoms. The normalized spacial score (nSPS) is 10.8. The maximum Gasteiger partial charge on any atom is 0.237 e. The standard InChI is InChI=1S/C8H5N7S/c1-2-9-3-5-6(1)10-4-11-7(5)16-8-12-14-15-13-8/h1-4H,(H,12,13,14,15). The summed E-state index contributed by atoms with van der Waals surface area (Å²) in [5, 5.41) is 15.7. The van der Waals surface area contributed by atoms with Gasteiger partial charge in [-0.15, -0.1) is 10.2 Å². The molecule has 1 N–H and O–H groups in total. The molecule has 0 bridgehead atoms. The third-order valence-electron chi connectivity index (χ3n) is 1.91. The number of aromatic nitrogens is 7. The lowest BCUT2D eigenvalue weighted by atomic mass is 10.3. The van der Waals surface area contributed by atoms with Crippen LogP contribution in [0, 0.1) is 0 Å². The van der Waals surface area contributed by atoms with Crippen molar-refractivity contribution in [2.75, 3.05) is 0 Å². The molecule has 3 aromatic heterocycles. The van der Waals surface area contributed by atoms with E-state index in [0.29, 0.717) is 5.16 Å². The van der Waals surface area contributed by atoms with Gasteiger partial charge in [0.15, 0.2) is 0 Å². The zero-order valence-electron chi connectivity index (χ0n) is 7.90. The molecule has 8 heteroatoms. The van der Waals surface area contributed by atoms with Gasteiger partial charge in [0.1, 0.15) is 11.4 Å². The van der Waals surface area contributed by atoms with Crippen LogP contribution < -0.4 is 0 Å². The number of tetrazole rings is 1. The van der Waals surface area contributed by atoms with Crippen molar-refractivity contribution >= 4 is 22.7 Å². The Morgan fingerprint density at radius 3 is 3.12 bits per heavy atom. The van der Waals surface area contributed by atoms with Gasteiger partial charge >= 0.3 is 0 Å². The van der Waals surface area contributed by atoms with Gasteiger partial charge in [-0.05, 0) is 23.0 Å². The summed E-state index contributed by atoms with van der Waals surface area (Å²) in [5.41, 5.74) is 0.844. The predicted molar refractivity (Wildman–Crippen MR) is 55.6 cm³/mol. The zero-order valence-corrected chi connectivity index (χ0v) is 8.72. The minimum Gasteiger partial charge on any atom is -0.264 e. The van der Waals surface area contributed by atoms with Crippen molar-refractivity contribution in [2.45, 2.75) is 10.2 Å². The molecule has 3 rings (SSSR count). The molecule has 0 radical (unpaired) electrons. The second kappa shape index (κ2) is 3.81. The molecule has 0 fully saturated rings. The number of aromatic amines is 1. The molecular weight excluding hydrogens is 226 g/mol. The van der Waals surface area contributed by atoms with Crippen molar-refractivity contribution in [1.82, 2.24) is 35.6 Å². The van der Waals surface area contributed by atoms with Crippen LogP contribution in [-0.2, 0) is 0 Å². The molecule has 3 heterocycles. The highest BCUT2D eigenvalue weighted by molar-refractivity contribution is 7.99. The van der Waals surface area contributed by atoms with E-state index in [1.807, 2.05) is 6.07 Å². The van der Waals surface area contributed by atoms with E-state index in [9.17, 15) is 0 Å².